The molecule has 0 atom stereocenters. The first-order valence-corrected chi connectivity index (χ1v) is 8.42. The molecule has 0 saturated heterocycles. The van der Waals surface area contributed by atoms with E-state index in [1.54, 1.807) is 6.92 Å². The molecule has 0 fully saturated rings. The number of primary sulfonamides is 1. The van der Waals surface area contributed by atoms with Crippen LogP contribution >= 0.6 is 0 Å². The summed E-state index contributed by atoms with van der Waals surface area (Å²) < 4.78 is 49.1. The molecule has 9 heteroatoms. The van der Waals surface area contributed by atoms with Crippen molar-refractivity contribution in [3.8, 4) is 0 Å². The molecule has 1 heterocycles. The molecular weight excluding hydrogens is 268 g/mol. The van der Waals surface area contributed by atoms with E-state index in [2.05, 4.69) is 4.99 Å². The molecule has 2 N–H and O–H groups in total. The third-order valence-electron chi connectivity index (χ3n) is 1.93. The number of nitrogens with two attached hydrogens (primary N) is 1. The van der Waals surface area contributed by atoms with Crippen molar-refractivity contribution in [1.29, 1.82) is 0 Å². The van der Waals surface area contributed by atoms with E-state index in [0.29, 0.717) is 5.57 Å². The second kappa shape index (κ2) is 4.75. The van der Waals surface area contributed by atoms with Crippen molar-refractivity contribution in [2.24, 2.45) is 10.1 Å². The summed E-state index contributed by atoms with van der Waals surface area (Å²) in [5.74, 6) is -0.659. The number of sulfonamides is 1. The maximum atomic E-state index is 11.1. The van der Waals surface area contributed by atoms with Crippen LogP contribution in [0, 0.1) is 0 Å². The fraction of sp³-hybridized carbons (Fsp3) is 0.625. The Bertz CT molecular complexity index is 571. The van der Waals surface area contributed by atoms with Crippen molar-refractivity contribution >= 4 is 25.8 Å². The molecule has 0 unspecified atom stereocenters. The first kappa shape index (κ1) is 14.1. The lowest BCUT2D eigenvalue weighted by Crippen LogP contribution is -2.28. The summed E-state index contributed by atoms with van der Waals surface area (Å²) >= 11 is 0. The second-order valence-corrected chi connectivity index (χ2v) is 7.65. The van der Waals surface area contributed by atoms with Gasteiger partial charge in [-0.15, -0.1) is 0 Å². The summed E-state index contributed by atoms with van der Waals surface area (Å²) in [6.07, 6.45) is 1.07. The Morgan fingerprint density at radius 3 is 2.35 bits per heavy atom. The Hall–Kier alpha value is -0.930. The Morgan fingerprint density at radius 1 is 1.29 bits per heavy atom. The van der Waals surface area contributed by atoms with Gasteiger partial charge in [0.15, 0.2) is 9.84 Å². The Morgan fingerprint density at radius 2 is 1.88 bits per heavy atom. The van der Waals surface area contributed by atoms with E-state index in [4.69, 9.17) is 9.88 Å². The highest BCUT2D eigenvalue weighted by Gasteiger charge is 2.21. The smallest absolute Gasteiger partial charge is 0.218 e. The van der Waals surface area contributed by atoms with E-state index >= 15 is 0 Å². The van der Waals surface area contributed by atoms with Crippen molar-refractivity contribution in [3.05, 3.63) is 11.3 Å². The van der Waals surface area contributed by atoms with Gasteiger partial charge in [-0.2, -0.15) is 0 Å². The monoisotopic (exact) mass is 282 g/mol. The van der Waals surface area contributed by atoms with Gasteiger partial charge in [0.25, 0.3) is 0 Å². The predicted octanol–water partition coefficient (Wildman–Crippen LogP) is -0.978. The molecule has 0 aromatic carbocycles. The highest BCUT2D eigenvalue weighted by Crippen LogP contribution is 2.15. The first-order chi connectivity index (χ1) is 7.57. The summed E-state index contributed by atoms with van der Waals surface area (Å²) in [4.78, 5) is 3.86. The first-order valence-electron chi connectivity index (χ1n) is 4.65. The molecule has 1 rings (SSSR count). The Labute approximate surface area is 100 Å². The highest BCUT2D eigenvalue weighted by molar-refractivity contribution is 7.90. The standard InChI is InChI=1S/C8H14N2O5S2/c1-6-3-10-8(5-17(9,13)14)15-7(6)4-16(2,11)12/h3-5H2,1-2H3,(H2,9,13,14). The van der Waals surface area contributed by atoms with Crippen molar-refractivity contribution in [3.63, 3.8) is 0 Å². The predicted molar refractivity (Wildman–Crippen MR) is 63.8 cm³/mol. The van der Waals surface area contributed by atoms with Crippen molar-refractivity contribution in [2.45, 2.75) is 6.92 Å². The molecule has 0 amide bonds. The van der Waals surface area contributed by atoms with Gasteiger partial charge in [0, 0.05) is 6.26 Å². The van der Waals surface area contributed by atoms with Gasteiger partial charge in [0.05, 0.1) is 6.54 Å². The number of sulfone groups is 1. The molecule has 0 aliphatic carbocycles. The van der Waals surface area contributed by atoms with E-state index in [-0.39, 0.29) is 24.0 Å². The van der Waals surface area contributed by atoms with Crippen LogP contribution in [0.1, 0.15) is 6.92 Å². The third kappa shape index (κ3) is 5.29. The van der Waals surface area contributed by atoms with Crippen LogP contribution in [0.2, 0.25) is 0 Å². The average Bonchev–Trinajstić information content (AvgIpc) is 2.05. The number of hydrogen-bond acceptors (Lipinski definition) is 6. The van der Waals surface area contributed by atoms with E-state index in [9.17, 15) is 16.8 Å². The van der Waals surface area contributed by atoms with Gasteiger partial charge in [-0.1, -0.05) is 0 Å². The largest absolute Gasteiger partial charge is 0.445 e. The van der Waals surface area contributed by atoms with Crippen LogP contribution in [0.15, 0.2) is 16.3 Å². The minimum Gasteiger partial charge on any atom is -0.445 e. The molecule has 0 saturated carbocycles. The lowest BCUT2D eigenvalue weighted by atomic mass is 10.2. The number of nitrogens with zero attached hydrogens (tertiary/aromatic N) is 1. The van der Waals surface area contributed by atoms with E-state index < -0.39 is 25.6 Å². The molecule has 17 heavy (non-hydrogen) atoms. The number of rotatable bonds is 4. The molecule has 0 spiro atoms. The fourth-order valence-corrected chi connectivity index (χ4v) is 2.47. The quantitative estimate of drug-likeness (QED) is 0.711. The zero-order valence-corrected chi connectivity index (χ0v) is 11.1. The third-order valence-corrected chi connectivity index (χ3v) is 3.36. The number of hydrogen-bond donors (Lipinski definition) is 1. The van der Waals surface area contributed by atoms with Crippen molar-refractivity contribution in [1.82, 2.24) is 0 Å². The van der Waals surface area contributed by atoms with E-state index in [1.807, 2.05) is 0 Å². The Kier molecular flexibility index (Phi) is 3.95. The topological polar surface area (TPSA) is 116 Å². The highest BCUT2D eigenvalue weighted by atomic mass is 32.2. The maximum Gasteiger partial charge on any atom is 0.218 e. The molecular formula is C8H14N2O5S2. The van der Waals surface area contributed by atoms with Crippen molar-refractivity contribution < 1.29 is 21.6 Å². The normalized spacial score (nSPS) is 17.7. The SMILES string of the molecule is CC1=C(CS(C)(=O)=O)OC(CS(N)(=O)=O)=NC1. The summed E-state index contributed by atoms with van der Waals surface area (Å²) in [6.45, 7) is 1.90. The van der Waals surface area contributed by atoms with Gasteiger partial charge in [-0.25, -0.2) is 27.0 Å². The van der Waals surface area contributed by atoms with Crippen LogP contribution < -0.4 is 5.14 Å². The average molecular weight is 282 g/mol. The number of aliphatic imine (C=N–C) groups is 1. The Balaban J connectivity index is 2.82. The van der Waals surface area contributed by atoms with Crippen LogP contribution in [0.25, 0.3) is 0 Å². The van der Waals surface area contributed by atoms with Crippen LogP contribution in [0.5, 0.6) is 0 Å². The minimum atomic E-state index is -3.74. The van der Waals surface area contributed by atoms with Gasteiger partial charge in [0.1, 0.15) is 17.3 Å². The fourth-order valence-electron chi connectivity index (χ4n) is 1.19. The number of ether oxygens (including phenoxy) is 1. The van der Waals surface area contributed by atoms with Crippen LogP contribution in [-0.2, 0) is 24.6 Å². The lowest BCUT2D eigenvalue weighted by molar-refractivity contribution is 0.395. The second-order valence-electron chi connectivity index (χ2n) is 3.89. The summed E-state index contributed by atoms with van der Waals surface area (Å²) in [5.41, 5.74) is 0.661. The molecule has 98 valence electrons. The minimum absolute atomic E-state index is 0.0725. The summed E-state index contributed by atoms with van der Waals surface area (Å²) in [7, 11) is -6.98. The van der Waals surface area contributed by atoms with Crippen molar-refractivity contribution in [2.75, 3.05) is 24.3 Å². The molecule has 1 aliphatic heterocycles. The summed E-state index contributed by atoms with van der Waals surface area (Å²) in [5, 5.41) is 4.85. The van der Waals surface area contributed by atoms with Crippen LogP contribution in [-0.4, -0.2) is 47.0 Å². The molecule has 7 nitrogen and oxygen atoms in total. The zero-order valence-electron chi connectivity index (χ0n) is 9.50. The maximum absolute atomic E-state index is 11.1. The van der Waals surface area contributed by atoms with E-state index in [0.717, 1.165) is 6.26 Å². The molecule has 1 aliphatic rings. The molecule has 0 bridgehead atoms. The zero-order chi connectivity index (χ0) is 13.3. The van der Waals surface area contributed by atoms with E-state index in [1.165, 1.54) is 0 Å². The molecule has 0 aromatic heterocycles. The molecule has 0 aromatic rings. The van der Waals surface area contributed by atoms with Gasteiger partial charge >= 0.3 is 0 Å². The van der Waals surface area contributed by atoms with Gasteiger partial charge in [-0.05, 0) is 12.5 Å². The van der Waals surface area contributed by atoms with Gasteiger partial charge < -0.3 is 4.74 Å². The van der Waals surface area contributed by atoms with Crippen LogP contribution in [0.4, 0.5) is 0 Å². The molecule has 0 radical (unpaired) electrons. The van der Waals surface area contributed by atoms with Gasteiger partial charge in [-0.3, -0.25) is 0 Å². The summed E-state index contributed by atoms with van der Waals surface area (Å²) in [6, 6.07) is 0. The van der Waals surface area contributed by atoms with Gasteiger partial charge in [0.2, 0.25) is 15.9 Å². The van der Waals surface area contributed by atoms with Crippen LogP contribution in [0.3, 0.4) is 0 Å². The lowest BCUT2D eigenvalue weighted by Gasteiger charge is -2.18.